The number of hydrogen-bond acceptors (Lipinski definition) is 4. The predicted molar refractivity (Wildman–Crippen MR) is 86.0 cm³/mol. The summed E-state index contributed by atoms with van der Waals surface area (Å²) in [6, 6.07) is 13.1. The first-order valence-corrected chi connectivity index (χ1v) is 7.26. The highest BCUT2D eigenvalue weighted by molar-refractivity contribution is 7.99. The van der Waals surface area contributed by atoms with E-state index in [0.29, 0.717) is 11.3 Å². The molecule has 2 rings (SSSR count). The highest BCUT2D eigenvalue weighted by Gasteiger charge is 2.11. The Kier molecular flexibility index (Phi) is 4.75. The molecule has 5 heteroatoms. The lowest BCUT2D eigenvalue weighted by atomic mass is 10.2. The highest BCUT2D eigenvalue weighted by atomic mass is 32.2. The van der Waals surface area contributed by atoms with E-state index in [0.717, 1.165) is 15.5 Å². The molecule has 0 fully saturated rings. The molecular formula is C16H18N2O2S. The summed E-state index contributed by atoms with van der Waals surface area (Å²) in [6.07, 6.45) is 0. The lowest BCUT2D eigenvalue weighted by molar-refractivity contribution is 0.0827. The summed E-state index contributed by atoms with van der Waals surface area (Å²) in [5.74, 6) is 0.774. The number of nitrogens with zero attached hydrogens (tertiary/aromatic N) is 1. The van der Waals surface area contributed by atoms with E-state index in [9.17, 15) is 4.79 Å². The molecule has 0 unspecified atom stereocenters. The van der Waals surface area contributed by atoms with E-state index < -0.39 is 0 Å². The number of ether oxygens (including phenoxy) is 1. The Balaban J connectivity index is 2.26. The fraction of sp³-hybridized carbons (Fsp3) is 0.188. The molecule has 110 valence electrons. The molecule has 0 aliphatic heterocycles. The van der Waals surface area contributed by atoms with Crippen molar-refractivity contribution in [3.63, 3.8) is 0 Å². The molecule has 21 heavy (non-hydrogen) atoms. The fourth-order valence-electron chi connectivity index (χ4n) is 1.78. The number of benzene rings is 2. The van der Waals surface area contributed by atoms with Crippen molar-refractivity contribution in [2.75, 3.05) is 26.9 Å². The van der Waals surface area contributed by atoms with Gasteiger partial charge in [0.25, 0.3) is 5.91 Å². The second-order valence-electron chi connectivity index (χ2n) is 4.73. The first-order chi connectivity index (χ1) is 10.0. The summed E-state index contributed by atoms with van der Waals surface area (Å²) in [5.41, 5.74) is 7.29. The zero-order chi connectivity index (χ0) is 15.4. The molecule has 0 radical (unpaired) electrons. The number of hydrogen-bond donors (Lipinski definition) is 1. The van der Waals surface area contributed by atoms with Crippen molar-refractivity contribution >= 4 is 23.4 Å². The molecule has 0 aromatic heterocycles. The monoisotopic (exact) mass is 302 g/mol. The number of rotatable bonds is 4. The van der Waals surface area contributed by atoms with Crippen LogP contribution in [0.15, 0.2) is 52.3 Å². The van der Waals surface area contributed by atoms with Crippen LogP contribution in [0.4, 0.5) is 5.69 Å². The third kappa shape index (κ3) is 3.70. The van der Waals surface area contributed by atoms with Gasteiger partial charge in [-0.05, 0) is 42.5 Å². The maximum Gasteiger partial charge on any atom is 0.253 e. The van der Waals surface area contributed by atoms with Gasteiger partial charge in [0, 0.05) is 35.1 Å². The molecule has 0 aliphatic carbocycles. The summed E-state index contributed by atoms with van der Waals surface area (Å²) in [7, 11) is 5.10. The Morgan fingerprint density at radius 3 is 2.38 bits per heavy atom. The van der Waals surface area contributed by atoms with Crippen LogP contribution in [-0.2, 0) is 0 Å². The minimum atomic E-state index is -0.0356. The van der Waals surface area contributed by atoms with Gasteiger partial charge >= 0.3 is 0 Å². The van der Waals surface area contributed by atoms with Crippen LogP contribution in [0, 0.1) is 0 Å². The zero-order valence-corrected chi connectivity index (χ0v) is 13.1. The topological polar surface area (TPSA) is 55.6 Å². The Morgan fingerprint density at radius 1 is 1.14 bits per heavy atom. The van der Waals surface area contributed by atoms with Crippen molar-refractivity contribution in [3.8, 4) is 5.75 Å². The SMILES string of the molecule is COc1ccc(Sc2cc(C(=O)N(C)C)ccc2N)cc1. The molecule has 0 aliphatic rings. The summed E-state index contributed by atoms with van der Waals surface area (Å²) in [5, 5.41) is 0. The number of methoxy groups -OCH3 is 1. The third-order valence-corrected chi connectivity index (χ3v) is 4.04. The van der Waals surface area contributed by atoms with Crippen LogP contribution >= 0.6 is 11.8 Å². The van der Waals surface area contributed by atoms with Gasteiger partial charge in [-0.3, -0.25) is 4.79 Å². The van der Waals surface area contributed by atoms with E-state index in [-0.39, 0.29) is 5.91 Å². The van der Waals surface area contributed by atoms with Crippen LogP contribution in [0.3, 0.4) is 0 Å². The zero-order valence-electron chi connectivity index (χ0n) is 12.3. The van der Waals surface area contributed by atoms with E-state index in [4.69, 9.17) is 10.5 Å². The molecule has 0 saturated heterocycles. The smallest absolute Gasteiger partial charge is 0.253 e. The van der Waals surface area contributed by atoms with Crippen molar-refractivity contribution in [2.24, 2.45) is 0 Å². The van der Waals surface area contributed by atoms with Crippen molar-refractivity contribution < 1.29 is 9.53 Å². The van der Waals surface area contributed by atoms with Gasteiger partial charge < -0.3 is 15.4 Å². The number of amides is 1. The maximum atomic E-state index is 12.0. The van der Waals surface area contributed by atoms with E-state index in [1.165, 1.54) is 11.8 Å². The Hall–Kier alpha value is -2.14. The first-order valence-electron chi connectivity index (χ1n) is 6.44. The van der Waals surface area contributed by atoms with Crippen LogP contribution in [-0.4, -0.2) is 32.0 Å². The van der Waals surface area contributed by atoms with Crippen LogP contribution in [0.5, 0.6) is 5.75 Å². The van der Waals surface area contributed by atoms with Gasteiger partial charge in [0.1, 0.15) is 5.75 Å². The number of nitrogen functional groups attached to an aromatic ring is 1. The van der Waals surface area contributed by atoms with Crippen LogP contribution in [0.1, 0.15) is 10.4 Å². The summed E-state index contributed by atoms with van der Waals surface area (Å²) in [4.78, 5) is 15.5. The Morgan fingerprint density at radius 2 is 1.81 bits per heavy atom. The molecule has 0 saturated carbocycles. The van der Waals surface area contributed by atoms with Gasteiger partial charge in [-0.1, -0.05) is 11.8 Å². The summed E-state index contributed by atoms with van der Waals surface area (Å²) < 4.78 is 5.14. The van der Waals surface area contributed by atoms with Gasteiger partial charge in [0.05, 0.1) is 7.11 Å². The van der Waals surface area contributed by atoms with Gasteiger partial charge in [0.2, 0.25) is 0 Å². The summed E-state index contributed by atoms with van der Waals surface area (Å²) in [6.45, 7) is 0. The molecule has 2 N–H and O–H groups in total. The second-order valence-corrected chi connectivity index (χ2v) is 5.85. The molecule has 2 aromatic carbocycles. The van der Waals surface area contributed by atoms with Gasteiger partial charge in [0.15, 0.2) is 0 Å². The van der Waals surface area contributed by atoms with Gasteiger partial charge in [-0.15, -0.1) is 0 Å². The van der Waals surface area contributed by atoms with Crippen molar-refractivity contribution in [1.29, 1.82) is 0 Å². The molecule has 0 bridgehead atoms. The van der Waals surface area contributed by atoms with E-state index >= 15 is 0 Å². The van der Waals surface area contributed by atoms with Crippen LogP contribution < -0.4 is 10.5 Å². The normalized spacial score (nSPS) is 10.2. The predicted octanol–water partition coefficient (Wildman–Crippen LogP) is 3.13. The second kappa shape index (κ2) is 6.54. The van der Waals surface area contributed by atoms with Crippen molar-refractivity contribution in [2.45, 2.75) is 9.79 Å². The van der Waals surface area contributed by atoms with E-state index in [1.807, 2.05) is 30.3 Å². The molecular weight excluding hydrogens is 284 g/mol. The lowest BCUT2D eigenvalue weighted by Gasteiger charge is -2.12. The van der Waals surface area contributed by atoms with E-state index in [2.05, 4.69) is 0 Å². The quantitative estimate of drug-likeness (QED) is 0.882. The Labute approximate surface area is 128 Å². The third-order valence-electron chi connectivity index (χ3n) is 2.95. The van der Waals surface area contributed by atoms with Crippen molar-refractivity contribution in [3.05, 3.63) is 48.0 Å². The van der Waals surface area contributed by atoms with Crippen LogP contribution in [0.2, 0.25) is 0 Å². The molecule has 4 nitrogen and oxygen atoms in total. The summed E-state index contributed by atoms with van der Waals surface area (Å²) >= 11 is 1.53. The molecule has 0 heterocycles. The average molecular weight is 302 g/mol. The van der Waals surface area contributed by atoms with E-state index in [1.54, 1.807) is 38.2 Å². The maximum absolute atomic E-state index is 12.0. The average Bonchev–Trinajstić information content (AvgIpc) is 2.49. The minimum Gasteiger partial charge on any atom is -0.497 e. The van der Waals surface area contributed by atoms with Gasteiger partial charge in [-0.25, -0.2) is 0 Å². The first kappa shape index (κ1) is 15.3. The molecule has 0 atom stereocenters. The minimum absolute atomic E-state index is 0.0356. The van der Waals surface area contributed by atoms with Crippen LogP contribution in [0.25, 0.3) is 0 Å². The number of carbonyl (C=O) groups is 1. The number of nitrogens with two attached hydrogens (primary N) is 1. The molecule has 2 aromatic rings. The number of carbonyl (C=O) groups excluding carboxylic acids is 1. The Bertz CT molecular complexity index is 639. The number of anilines is 1. The highest BCUT2D eigenvalue weighted by Crippen LogP contribution is 2.33. The fourth-order valence-corrected chi connectivity index (χ4v) is 2.68. The standard InChI is InChI=1S/C16H18N2O2S/c1-18(2)16(19)11-4-9-14(17)15(10-11)21-13-7-5-12(20-3)6-8-13/h4-10H,17H2,1-3H3. The lowest BCUT2D eigenvalue weighted by Crippen LogP contribution is -2.21. The largest absolute Gasteiger partial charge is 0.497 e. The molecule has 0 spiro atoms. The van der Waals surface area contributed by atoms with Gasteiger partial charge in [-0.2, -0.15) is 0 Å². The molecule has 1 amide bonds. The van der Waals surface area contributed by atoms with Crippen molar-refractivity contribution in [1.82, 2.24) is 4.90 Å².